The Labute approximate surface area is 337 Å². The van der Waals surface area contributed by atoms with Crippen molar-refractivity contribution in [1.82, 2.24) is 0 Å². The Morgan fingerprint density at radius 1 is 1.05 bits per heavy atom. The van der Waals surface area contributed by atoms with Crippen molar-refractivity contribution in [1.29, 1.82) is 0 Å². The third kappa shape index (κ3) is 11.8. The highest BCUT2D eigenvalue weighted by molar-refractivity contribution is 5.53. The number of rotatable bonds is 15. The van der Waals surface area contributed by atoms with E-state index >= 15 is 0 Å². The van der Waals surface area contributed by atoms with Gasteiger partial charge < -0.3 is 39.0 Å². The molecule has 56 heavy (non-hydrogen) atoms. The summed E-state index contributed by atoms with van der Waals surface area (Å²) in [4.78, 5) is 0. The lowest BCUT2D eigenvalue weighted by atomic mass is 9.81. The average Bonchev–Trinajstić information content (AvgIpc) is 3.27. The predicted molar refractivity (Wildman–Crippen MR) is 224 cm³/mol. The quantitative estimate of drug-likeness (QED) is 0.120. The summed E-state index contributed by atoms with van der Waals surface area (Å²) in [5, 5.41) is 32.6. The summed E-state index contributed by atoms with van der Waals surface area (Å²) in [7, 11) is 0. The van der Waals surface area contributed by atoms with Crippen molar-refractivity contribution in [3.8, 4) is 5.75 Å². The van der Waals surface area contributed by atoms with Gasteiger partial charge in [-0.3, -0.25) is 0 Å². The van der Waals surface area contributed by atoms with Gasteiger partial charge in [-0.05, 0) is 128 Å². The molecule has 0 spiro atoms. The summed E-state index contributed by atoms with van der Waals surface area (Å²) in [5.74, 6) is 0.608. The molecule has 0 aliphatic carbocycles. The van der Waals surface area contributed by atoms with Crippen molar-refractivity contribution >= 4 is 6.08 Å². The van der Waals surface area contributed by atoms with Crippen molar-refractivity contribution in [3.63, 3.8) is 0 Å². The minimum Gasteiger partial charge on any atom is -0.508 e. The van der Waals surface area contributed by atoms with Gasteiger partial charge in [0.05, 0.1) is 66.1 Å². The highest BCUT2D eigenvalue weighted by atomic mass is 16.6. The number of benzene rings is 1. The number of hydrogen-bond acceptors (Lipinski definition) is 8. The van der Waals surface area contributed by atoms with Gasteiger partial charge in [-0.1, -0.05) is 80.7 Å². The predicted octanol–water partition coefficient (Wildman–Crippen LogP) is 9.72. The van der Waals surface area contributed by atoms with E-state index in [1.54, 1.807) is 18.2 Å². The topological polar surface area (TPSA) is 107 Å². The molecule has 4 aliphatic rings. The molecular weight excluding hydrogens is 705 g/mol. The Balaban J connectivity index is 1.16. The number of fused-ring (bicyclic) bond motifs is 3. The molecule has 13 unspecified atom stereocenters. The van der Waals surface area contributed by atoms with E-state index < -0.39 is 23.4 Å². The number of phenols is 1. The zero-order valence-corrected chi connectivity index (χ0v) is 35.3. The maximum atomic E-state index is 11.7. The Hall–Kier alpha value is -2.56. The van der Waals surface area contributed by atoms with Gasteiger partial charge in [-0.15, -0.1) is 0 Å². The number of phenolic OH excluding ortho intramolecular Hbond substituents is 1. The molecular formula is C48H72O8. The fourth-order valence-electron chi connectivity index (χ4n) is 9.03. The van der Waals surface area contributed by atoms with E-state index in [0.29, 0.717) is 31.6 Å². The second-order valence-electron chi connectivity index (χ2n) is 17.5. The van der Waals surface area contributed by atoms with E-state index in [2.05, 4.69) is 59.4 Å². The zero-order chi connectivity index (χ0) is 40.5. The normalized spacial score (nSPS) is 36.1. The first-order valence-electron chi connectivity index (χ1n) is 21.5. The first kappa shape index (κ1) is 44.5. The smallest absolute Gasteiger partial charge is 0.116 e. The van der Waals surface area contributed by atoms with Gasteiger partial charge in [-0.25, -0.2) is 0 Å². The van der Waals surface area contributed by atoms with E-state index in [9.17, 15) is 15.3 Å². The molecule has 0 radical (unpaired) electrons. The lowest BCUT2D eigenvalue weighted by Gasteiger charge is -2.51. The van der Waals surface area contributed by atoms with Crippen LogP contribution in [0, 0.1) is 5.92 Å². The van der Waals surface area contributed by atoms with Crippen LogP contribution in [0.2, 0.25) is 0 Å². The van der Waals surface area contributed by atoms with Crippen LogP contribution in [-0.2, 0) is 23.7 Å². The highest BCUT2D eigenvalue weighted by Gasteiger charge is 2.54. The van der Waals surface area contributed by atoms with Gasteiger partial charge in [0.25, 0.3) is 0 Å². The summed E-state index contributed by atoms with van der Waals surface area (Å²) in [5.41, 5.74) is 1.94. The van der Waals surface area contributed by atoms with Crippen LogP contribution in [0.3, 0.4) is 0 Å². The van der Waals surface area contributed by atoms with E-state index in [0.717, 1.165) is 56.9 Å². The largest absolute Gasteiger partial charge is 0.508 e. The highest BCUT2D eigenvalue weighted by Crippen LogP contribution is 2.45. The summed E-state index contributed by atoms with van der Waals surface area (Å²) in [6.45, 7) is 18.4. The molecule has 5 rings (SSSR count). The number of allylic oxidation sites excluding steroid dienone is 8. The Kier molecular flexibility index (Phi) is 16.2. The maximum absolute atomic E-state index is 11.7. The lowest BCUT2D eigenvalue weighted by molar-refractivity contribution is -0.285. The van der Waals surface area contributed by atoms with Crippen molar-refractivity contribution in [2.75, 3.05) is 0 Å². The minimum absolute atomic E-state index is 0.101. The number of aliphatic hydroxyl groups is 2. The van der Waals surface area contributed by atoms with Crippen LogP contribution in [0.1, 0.15) is 131 Å². The molecule has 312 valence electrons. The standard InChI is InChI=1S/C48H72O8/c1-9-11-12-13-26-44(47(7,51)10-2)55-40-25-18-27-48(8)45(52-35(40)6)31-43-46(56-48)38(50)30-42-41(54-43)28-34(5)39(53-42)24-15-14-19-32(3)33(4)20-16-21-36-22-17-23-37(49)29-36/h9,11-12,16-17,19-23,29,34-35,38-46,49-51H,1,10,13-15,18,24-28,30-31H2,2-8H3/b12-11-,21-16-,32-19+,33-20+. The molecule has 1 aromatic carbocycles. The molecule has 0 amide bonds. The number of aliphatic hydroxyl groups excluding tert-OH is 1. The Morgan fingerprint density at radius 2 is 1.84 bits per heavy atom. The van der Waals surface area contributed by atoms with E-state index in [1.165, 1.54) is 11.1 Å². The van der Waals surface area contributed by atoms with E-state index in [4.69, 9.17) is 23.7 Å². The summed E-state index contributed by atoms with van der Waals surface area (Å²) in [6, 6.07) is 7.24. The maximum Gasteiger partial charge on any atom is 0.116 e. The molecule has 0 saturated carbocycles. The van der Waals surface area contributed by atoms with Crippen LogP contribution >= 0.6 is 0 Å². The summed E-state index contributed by atoms with van der Waals surface area (Å²) in [6.07, 6.45) is 21.4. The van der Waals surface area contributed by atoms with Gasteiger partial charge >= 0.3 is 0 Å². The molecule has 4 saturated heterocycles. The van der Waals surface area contributed by atoms with Crippen molar-refractivity contribution < 1.29 is 39.0 Å². The number of unbranched alkanes of at least 4 members (excludes halogenated alkanes) is 1. The molecule has 3 N–H and O–H groups in total. The van der Waals surface area contributed by atoms with Crippen LogP contribution in [0.25, 0.3) is 6.08 Å². The Bertz CT molecular complexity index is 1530. The fraction of sp³-hybridized carbons (Fsp3) is 0.667. The van der Waals surface area contributed by atoms with Crippen LogP contribution in [0.5, 0.6) is 5.75 Å². The molecule has 13 atom stereocenters. The molecule has 0 bridgehead atoms. The molecule has 4 aliphatic heterocycles. The first-order chi connectivity index (χ1) is 26.7. The van der Waals surface area contributed by atoms with Gasteiger partial charge in [0, 0.05) is 12.8 Å². The third-order valence-corrected chi connectivity index (χ3v) is 13.1. The molecule has 8 nitrogen and oxygen atoms in total. The van der Waals surface area contributed by atoms with Gasteiger partial charge in [-0.2, -0.15) is 0 Å². The average molecular weight is 777 g/mol. The monoisotopic (exact) mass is 777 g/mol. The van der Waals surface area contributed by atoms with Crippen molar-refractivity contribution in [2.24, 2.45) is 5.92 Å². The fourth-order valence-corrected chi connectivity index (χ4v) is 9.03. The Morgan fingerprint density at radius 3 is 2.59 bits per heavy atom. The summed E-state index contributed by atoms with van der Waals surface area (Å²) < 4.78 is 34.1. The summed E-state index contributed by atoms with van der Waals surface area (Å²) >= 11 is 0. The van der Waals surface area contributed by atoms with Crippen LogP contribution in [-0.4, -0.2) is 87.6 Å². The second-order valence-corrected chi connectivity index (χ2v) is 17.5. The molecule has 4 fully saturated rings. The SMILES string of the molecule is C=C/C=C\CCC(OC1CCCC2(C)OC3C(O)CC4OC(CCC/C=C(C)/C(C)=C/C=C\c5cccc(O)c5)C(C)CC4OC3CC2OC1C)C(C)(O)CC. The van der Waals surface area contributed by atoms with Crippen LogP contribution < -0.4 is 0 Å². The van der Waals surface area contributed by atoms with Gasteiger partial charge in [0.15, 0.2) is 0 Å². The second kappa shape index (κ2) is 20.4. The number of hydrogen-bond donors (Lipinski definition) is 3. The van der Waals surface area contributed by atoms with Crippen molar-refractivity contribution in [3.05, 3.63) is 84.0 Å². The number of ether oxygens (including phenoxy) is 5. The molecule has 1 aromatic rings. The van der Waals surface area contributed by atoms with Crippen LogP contribution in [0.4, 0.5) is 0 Å². The molecule has 4 heterocycles. The van der Waals surface area contributed by atoms with E-state index in [1.807, 2.05) is 44.2 Å². The third-order valence-electron chi connectivity index (χ3n) is 13.1. The van der Waals surface area contributed by atoms with Crippen molar-refractivity contribution in [2.45, 2.75) is 198 Å². The number of aromatic hydroxyl groups is 1. The van der Waals surface area contributed by atoms with Gasteiger partial charge in [0.2, 0.25) is 0 Å². The molecule has 0 aromatic heterocycles. The minimum atomic E-state index is -0.944. The first-order valence-corrected chi connectivity index (χ1v) is 21.5. The molecule has 8 heteroatoms. The van der Waals surface area contributed by atoms with E-state index in [-0.39, 0.29) is 54.6 Å². The lowest BCUT2D eigenvalue weighted by Crippen LogP contribution is -2.61. The van der Waals surface area contributed by atoms with Gasteiger partial charge in [0.1, 0.15) is 11.9 Å². The zero-order valence-electron chi connectivity index (χ0n) is 35.3. The van der Waals surface area contributed by atoms with Crippen LogP contribution in [0.15, 0.2) is 78.4 Å².